The maximum atomic E-state index is 11.1. The van der Waals surface area contributed by atoms with Gasteiger partial charge in [0.2, 0.25) is 0 Å². The van der Waals surface area contributed by atoms with Gasteiger partial charge in [-0.05, 0) is 13.3 Å². The summed E-state index contributed by atoms with van der Waals surface area (Å²) in [5, 5.41) is 11.6. The van der Waals surface area contributed by atoms with Gasteiger partial charge in [-0.3, -0.25) is 4.79 Å². The molecule has 0 heterocycles. The number of nitrogens with two attached hydrogens (primary N) is 1. The number of rotatable bonds is 6. The molecule has 2 unspecified atom stereocenters. The number of aliphatic hydroxyl groups is 1. The Labute approximate surface area is 78.3 Å². The average molecular weight is 190 g/mol. The zero-order valence-electron chi connectivity index (χ0n) is 8.12. The number of carbonyl (C=O) groups is 1. The highest BCUT2D eigenvalue weighted by Gasteiger charge is 2.18. The molecular weight excluding hydrogens is 172 g/mol. The number of carbonyl (C=O) groups excluding carboxylic acids is 1. The second kappa shape index (κ2) is 6.82. The highest BCUT2D eigenvalue weighted by Crippen LogP contribution is 1.93. The van der Waals surface area contributed by atoms with Crippen LogP contribution in [0, 0.1) is 0 Å². The standard InChI is InChI=1S/C8H18N2O3/c1-6(3-4-11)10-7(5-9)8(12)13-2/h6-7,10-11H,3-5,9H2,1-2H3. The van der Waals surface area contributed by atoms with E-state index in [0.29, 0.717) is 6.42 Å². The van der Waals surface area contributed by atoms with Crippen LogP contribution in [0.1, 0.15) is 13.3 Å². The quantitative estimate of drug-likeness (QED) is 0.460. The molecular formula is C8H18N2O3. The van der Waals surface area contributed by atoms with E-state index in [1.807, 2.05) is 6.92 Å². The summed E-state index contributed by atoms with van der Waals surface area (Å²) in [7, 11) is 1.32. The van der Waals surface area contributed by atoms with E-state index in [1.54, 1.807) is 0 Å². The van der Waals surface area contributed by atoms with Gasteiger partial charge in [-0.25, -0.2) is 0 Å². The number of nitrogens with one attached hydrogen (secondary N) is 1. The van der Waals surface area contributed by atoms with Gasteiger partial charge in [0, 0.05) is 19.2 Å². The van der Waals surface area contributed by atoms with E-state index < -0.39 is 6.04 Å². The van der Waals surface area contributed by atoms with Crippen LogP contribution in [0.3, 0.4) is 0 Å². The molecule has 5 nitrogen and oxygen atoms in total. The van der Waals surface area contributed by atoms with Crippen molar-refractivity contribution in [2.24, 2.45) is 5.73 Å². The molecule has 78 valence electrons. The fourth-order valence-electron chi connectivity index (χ4n) is 0.995. The van der Waals surface area contributed by atoms with Crippen molar-refractivity contribution in [3.8, 4) is 0 Å². The third-order valence-electron chi connectivity index (χ3n) is 1.77. The van der Waals surface area contributed by atoms with Crippen molar-refractivity contribution in [3.63, 3.8) is 0 Å². The number of ether oxygens (including phenoxy) is 1. The molecule has 0 fully saturated rings. The first-order chi connectivity index (χ1) is 6.15. The normalized spacial score (nSPS) is 15.1. The van der Waals surface area contributed by atoms with Gasteiger partial charge in [-0.2, -0.15) is 0 Å². The first kappa shape index (κ1) is 12.3. The Morgan fingerprint density at radius 2 is 2.31 bits per heavy atom. The van der Waals surface area contributed by atoms with Gasteiger partial charge < -0.3 is 20.9 Å². The maximum Gasteiger partial charge on any atom is 0.324 e. The largest absolute Gasteiger partial charge is 0.468 e. The van der Waals surface area contributed by atoms with E-state index in [0.717, 1.165) is 0 Å². The van der Waals surface area contributed by atoms with Crippen molar-refractivity contribution in [1.29, 1.82) is 0 Å². The van der Waals surface area contributed by atoms with Crippen LogP contribution in [0.4, 0.5) is 0 Å². The molecule has 0 rings (SSSR count). The van der Waals surface area contributed by atoms with Crippen LogP contribution >= 0.6 is 0 Å². The van der Waals surface area contributed by atoms with E-state index >= 15 is 0 Å². The fraction of sp³-hybridized carbons (Fsp3) is 0.875. The summed E-state index contributed by atoms with van der Waals surface area (Å²) in [6.45, 7) is 2.16. The molecule has 0 radical (unpaired) electrons. The molecule has 0 aliphatic rings. The Hall–Kier alpha value is -0.650. The Bertz CT molecular complexity index is 152. The predicted octanol–water partition coefficient (Wildman–Crippen LogP) is -1.15. The molecule has 0 aromatic heterocycles. The molecule has 0 aliphatic heterocycles. The van der Waals surface area contributed by atoms with Gasteiger partial charge >= 0.3 is 5.97 Å². The summed E-state index contributed by atoms with van der Waals surface area (Å²) in [6.07, 6.45) is 0.591. The Morgan fingerprint density at radius 3 is 2.69 bits per heavy atom. The average Bonchev–Trinajstić information content (AvgIpc) is 2.13. The molecule has 13 heavy (non-hydrogen) atoms. The van der Waals surface area contributed by atoms with Crippen LogP contribution in [0.2, 0.25) is 0 Å². The number of esters is 1. The summed E-state index contributed by atoms with van der Waals surface area (Å²) in [6, 6.07) is -0.427. The van der Waals surface area contributed by atoms with Gasteiger partial charge in [0.05, 0.1) is 7.11 Å². The minimum Gasteiger partial charge on any atom is -0.468 e. The summed E-state index contributed by atoms with van der Waals surface area (Å²) < 4.78 is 4.54. The minimum atomic E-state index is -0.480. The summed E-state index contributed by atoms with van der Waals surface area (Å²) in [5.74, 6) is -0.368. The van der Waals surface area contributed by atoms with Crippen LogP contribution in [0.5, 0.6) is 0 Å². The zero-order valence-corrected chi connectivity index (χ0v) is 8.12. The third kappa shape index (κ3) is 4.82. The van der Waals surface area contributed by atoms with Gasteiger partial charge in [-0.1, -0.05) is 0 Å². The van der Waals surface area contributed by atoms with E-state index in [-0.39, 0.29) is 25.2 Å². The van der Waals surface area contributed by atoms with Crippen molar-refractivity contribution < 1.29 is 14.6 Å². The second-order valence-electron chi connectivity index (χ2n) is 2.89. The smallest absolute Gasteiger partial charge is 0.324 e. The zero-order chi connectivity index (χ0) is 10.3. The molecule has 0 aromatic carbocycles. The van der Waals surface area contributed by atoms with Crippen molar-refractivity contribution >= 4 is 5.97 Å². The lowest BCUT2D eigenvalue weighted by Crippen LogP contribution is -2.47. The van der Waals surface area contributed by atoms with Crippen LogP contribution in [-0.4, -0.2) is 43.4 Å². The Morgan fingerprint density at radius 1 is 1.69 bits per heavy atom. The highest BCUT2D eigenvalue weighted by molar-refractivity contribution is 5.75. The summed E-state index contributed by atoms with van der Waals surface area (Å²) in [4.78, 5) is 11.1. The van der Waals surface area contributed by atoms with E-state index in [9.17, 15) is 4.79 Å². The molecule has 0 bridgehead atoms. The Kier molecular flexibility index (Phi) is 6.48. The van der Waals surface area contributed by atoms with Crippen molar-refractivity contribution in [2.45, 2.75) is 25.4 Å². The van der Waals surface area contributed by atoms with Crippen LogP contribution in [0.15, 0.2) is 0 Å². The number of hydrogen-bond donors (Lipinski definition) is 3. The SMILES string of the molecule is COC(=O)C(CN)NC(C)CCO. The van der Waals surface area contributed by atoms with Gasteiger partial charge in [0.25, 0.3) is 0 Å². The monoisotopic (exact) mass is 190 g/mol. The van der Waals surface area contributed by atoms with E-state index in [2.05, 4.69) is 10.1 Å². The molecule has 0 aromatic rings. The first-order valence-electron chi connectivity index (χ1n) is 4.30. The second-order valence-corrected chi connectivity index (χ2v) is 2.89. The lowest BCUT2D eigenvalue weighted by atomic mass is 10.2. The predicted molar refractivity (Wildman–Crippen MR) is 49.2 cm³/mol. The van der Waals surface area contributed by atoms with Gasteiger partial charge in [0.1, 0.15) is 6.04 Å². The molecule has 5 heteroatoms. The van der Waals surface area contributed by atoms with Crippen molar-refractivity contribution in [3.05, 3.63) is 0 Å². The minimum absolute atomic E-state index is 0.0534. The molecule has 0 aliphatic carbocycles. The Balaban J connectivity index is 3.89. The molecule has 0 saturated heterocycles. The van der Waals surface area contributed by atoms with Crippen LogP contribution in [0.25, 0.3) is 0 Å². The van der Waals surface area contributed by atoms with E-state index in [4.69, 9.17) is 10.8 Å². The molecule has 4 N–H and O–H groups in total. The maximum absolute atomic E-state index is 11.1. The molecule has 0 saturated carbocycles. The lowest BCUT2D eigenvalue weighted by molar-refractivity contribution is -0.143. The number of hydrogen-bond acceptors (Lipinski definition) is 5. The lowest BCUT2D eigenvalue weighted by Gasteiger charge is -2.19. The summed E-state index contributed by atoms with van der Waals surface area (Å²) >= 11 is 0. The highest BCUT2D eigenvalue weighted by atomic mass is 16.5. The molecule has 0 spiro atoms. The van der Waals surface area contributed by atoms with Gasteiger partial charge in [-0.15, -0.1) is 0 Å². The van der Waals surface area contributed by atoms with Crippen LogP contribution < -0.4 is 11.1 Å². The van der Waals surface area contributed by atoms with E-state index in [1.165, 1.54) is 7.11 Å². The number of methoxy groups -OCH3 is 1. The summed E-state index contributed by atoms with van der Waals surface area (Å²) in [5.41, 5.74) is 5.37. The third-order valence-corrected chi connectivity index (χ3v) is 1.77. The van der Waals surface area contributed by atoms with Gasteiger partial charge in [0.15, 0.2) is 0 Å². The van der Waals surface area contributed by atoms with Crippen LogP contribution in [-0.2, 0) is 9.53 Å². The topological polar surface area (TPSA) is 84.6 Å². The molecule has 0 amide bonds. The fourth-order valence-corrected chi connectivity index (χ4v) is 0.995. The first-order valence-corrected chi connectivity index (χ1v) is 4.30. The van der Waals surface area contributed by atoms with Crippen molar-refractivity contribution in [2.75, 3.05) is 20.3 Å². The number of aliphatic hydroxyl groups excluding tert-OH is 1. The molecule has 2 atom stereocenters. The van der Waals surface area contributed by atoms with Crippen molar-refractivity contribution in [1.82, 2.24) is 5.32 Å².